The van der Waals surface area contributed by atoms with Crippen LogP contribution < -0.4 is 14.4 Å². The van der Waals surface area contributed by atoms with Crippen molar-refractivity contribution in [3.05, 3.63) is 30.4 Å². The molecule has 2 heterocycles. The van der Waals surface area contributed by atoms with Crippen LogP contribution in [0.5, 0.6) is 11.5 Å². The van der Waals surface area contributed by atoms with Gasteiger partial charge in [-0.1, -0.05) is 12.2 Å². The number of anilines is 1. The highest BCUT2D eigenvalue weighted by molar-refractivity contribution is 6.22. The fourth-order valence-corrected chi connectivity index (χ4v) is 4.18. The summed E-state index contributed by atoms with van der Waals surface area (Å²) >= 11 is 0. The Morgan fingerprint density at radius 1 is 0.952 bits per heavy atom. The lowest BCUT2D eigenvalue weighted by Crippen LogP contribution is -2.32. The molecule has 2 amide bonds. The molecule has 2 aliphatic carbocycles. The topological polar surface area (TPSA) is 55.8 Å². The minimum atomic E-state index is -0.169. The molecule has 0 N–H and O–H groups in total. The number of imide groups is 1. The number of ether oxygens (including phenoxy) is 2. The molecule has 4 aliphatic rings. The van der Waals surface area contributed by atoms with Gasteiger partial charge in [-0.15, -0.1) is 0 Å². The van der Waals surface area contributed by atoms with Crippen LogP contribution in [-0.2, 0) is 9.59 Å². The van der Waals surface area contributed by atoms with E-state index in [0.29, 0.717) is 17.2 Å². The average Bonchev–Trinajstić information content (AvgIpc) is 3.22. The van der Waals surface area contributed by atoms with Crippen LogP contribution in [0.25, 0.3) is 0 Å². The van der Waals surface area contributed by atoms with Gasteiger partial charge in [0.05, 0.1) is 17.5 Å². The van der Waals surface area contributed by atoms with Crippen molar-refractivity contribution in [2.24, 2.45) is 23.7 Å². The Morgan fingerprint density at radius 3 is 2.33 bits per heavy atom. The van der Waals surface area contributed by atoms with Gasteiger partial charge >= 0.3 is 0 Å². The number of nitrogens with zero attached hydrogens (tertiary/aromatic N) is 1. The first-order chi connectivity index (χ1) is 10.2. The molecule has 5 nitrogen and oxygen atoms in total. The third kappa shape index (κ3) is 1.31. The molecule has 1 saturated carbocycles. The molecular weight excluding hydrogens is 270 g/mol. The van der Waals surface area contributed by atoms with E-state index >= 15 is 0 Å². The van der Waals surface area contributed by atoms with Gasteiger partial charge in [-0.3, -0.25) is 9.59 Å². The normalized spacial score (nSPS) is 35.0. The minimum Gasteiger partial charge on any atom is -0.454 e. The number of rotatable bonds is 1. The zero-order chi connectivity index (χ0) is 14.1. The molecule has 1 aromatic rings. The number of benzene rings is 1. The molecule has 1 saturated heterocycles. The van der Waals surface area contributed by atoms with E-state index in [1.165, 1.54) is 4.90 Å². The van der Waals surface area contributed by atoms with Crippen LogP contribution in [0.3, 0.4) is 0 Å². The maximum Gasteiger partial charge on any atom is 0.238 e. The molecule has 2 aliphatic heterocycles. The Labute approximate surface area is 121 Å². The van der Waals surface area contributed by atoms with Crippen LogP contribution in [0.2, 0.25) is 0 Å². The fraction of sp³-hybridized carbons (Fsp3) is 0.375. The number of hydrogen-bond acceptors (Lipinski definition) is 4. The maximum atomic E-state index is 12.7. The maximum absolute atomic E-state index is 12.7. The molecule has 4 atom stereocenters. The van der Waals surface area contributed by atoms with Gasteiger partial charge in [0.1, 0.15) is 0 Å². The van der Waals surface area contributed by atoms with E-state index in [4.69, 9.17) is 9.47 Å². The Bertz CT molecular complexity index is 680. The number of allylic oxidation sites excluding steroid dienone is 2. The van der Waals surface area contributed by atoms with E-state index in [9.17, 15) is 9.59 Å². The Kier molecular flexibility index (Phi) is 1.98. The first kappa shape index (κ1) is 11.4. The zero-order valence-corrected chi connectivity index (χ0v) is 11.2. The van der Waals surface area contributed by atoms with E-state index < -0.39 is 0 Å². The van der Waals surface area contributed by atoms with Crippen molar-refractivity contribution in [3.63, 3.8) is 0 Å². The van der Waals surface area contributed by atoms with Crippen molar-refractivity contribution in [1.82, 2.24) is 0 Å². The summed E-state index contributed by atoms with van der Waals surface area (Å²) in [5.41, 5.74) is 0.586. The number of carbonyl (C=O) groups is 2. The van der Waals surface area contributed by atoms with E-state index in [1.807, 2.05) is 0 Å². The minimum absolute atomic E-state index is 0.0688. The third-order valence-electron chi connectivity index (χ3n) is 5.08. The number of fused-ring (bicyclic) bond motifs is 6. The number of amides is 2. The number of hydrogen-bond donors (Lipinski definition) is 0. The second kappa shape index (κ2) is 3.67. The summed E-state index contributed by atoms with van der Waals surface area (Å²) in [5.74, 6) is 1.23. The van der Waals surface area contributed by atoms with Crippen molar-refractivity contribution in [2.75, 3.05) is 11.7 Å². The summed E-state index contributed by atoms with van der Waals surface area (Å²) < 4.78 is 10.6. The van der Waals surface area contributed by atoms with Gasteiger partial charge in [-0.05, 0) is 30.4 Å². The average molecular weight is 283 g/mol. The molecule has 0 spiro atoms. The predicted molar refractivity (Wildman–Crippen MR) is 72.8 cm³/mol. The first-order valence-corrected chi connectivity index (χ1v) is 7.20. The third-order valence-corrected chi connectivity index (χ3v) is 5.08. The highest BCUT2D eigenvalue weighted by Gasteiger charge is 2.59. The Balaban J connectivity index is 1.56. The molecule has 2 fully saturated rings. The fourth-order valence-electron chi connectivity index (χ4n) is 4.18. The summed E-state index contributed by atoms with van der Waals surface area (Å²) in [6, 6.07) is 5.22. The quantitative estimate of drug-likeness (QED) is 0.582. The molecule has 1 aromatic carbocycles. The molecular formula is C16H13NO4. The first-order valence-electron chi connectivity index (χ1n) is 7.20. The SMILES string of the molecule is O=C1[C@@H]2[C@H](C(=O)N1c1ccc3c(c1)OCO3)[C@@H]1C=C[C@@H]2C1. The van der Waals surface area contributed by atoms with Gasteiger partial charge in [-0.2, -0.15) is 0 Å². The van der Waals surface area contributed by atoms with Crippen LogP contribution in [0.15, 0.2) is 30.4 Å². The summed E-state index contributed by atoms with van der Waals surface area (Å²) in [6.07, 6.45) is 5.14. The lowest BCUT2D eigenvalue weighted by molar-refractivity contribution is -0.123. The molecule has 5 heteroatoms. The van der Waals surface area contributed by atoms with Crippen molar-refractivity contribution >= 4 is 17.5 Å². The Hall–Kier alpha value is -2.30. The van der Waals surface area contributed by atoms with Crippen molar-refractivity contribution in [1.29, 1.82) is 0 Å². The molecule has 21 heavy (non-hydrogen) atoms. The van der Waals surface area contributed by atoms with E-state index in [-0.39, 0.29) is 42.3 Å². The van der Waals surface area contributed by atoms with Gasteiger partial charge < -0.3 is 9.47 Å². The van der Waals surface area contributed by atoms with Crippen molar-refractivity contribution in [3.8, 4) is 11.5 Å². The summed E-state index contributed by atoms with van der Waals surface area (Å²) in [5, 5.41) is 0. The predicted octanol–water partition coefficient (Wildman–Crippen LogP) is 1.73. The lowest BCUT2D eigenvalue weighted by Gasteiger charge is -2.17. The standard InChI is InChI=1S/C16H13NO4/c18-15-13-8-1-2-9(5-8)14(13)16(19)17(15)10-3-4-11-12(6-10)21-7-20-11/h1-4,6,8-9,13-14H,5,7H2/t8-,9-,13-,14+/m1/s1. The highest BCUT2D eigenvalue weighted by Crippen LogP contribution is 2.53. The molecule has 0 unspecified atom stereocenters. The van der Waals surface area contributed by atoms with Crippen LogP contribution in [0, 0.1) is 23.7 Å². The summed E-state index contributed by atoms with van der Waals surface area (Å²) in [4.78, 5) is 26.7. The highest BCUT2D eigenvalue weighted by atomic mass is 16.7. The second-order valence-electron chi connectivity index (χ2n) is 6.05. The van der Waals surface area contributed by atoms with Crippen molar-refractivity contribution < 1.29 is 19.1 Å². The number of carbonyl (C=O) groups excluding carboxylic acids is 2. The van der Waals surface area contributed by atoms with Gasteiger partial charge in [0.2, 0.25) is 18.6 Å². The smallest absolute Gasteiger partial charge is 0.238 e. The lowest BCUT2D eigenvalue weighted by atomic mass is 9.85. The molecule has 2 bridgehead atoms. The van der Waals surface area contributed by atoms with Crippen LogP contribution in [0.1, 0.15) is 6.42 Å². The largest absolute Gasteiger partial charge is 0.454 e. The van der Waals surface area contributed by atoms with E-state index in [0.717, 1.165) is 6.42 Å². The molecule has 0 aromatic heterocycles. The van der Waals surface area contributed by atoms with E-state index in [1.54, 1.807) is 18.2 Å². The van der Waals surface area contributed by atoms with Crippen LogP contribution in [0.4, 0.5) is 5.69 Å². The van der Waals surface area contributed by atoms with Gasteiger partial charge in [-0.25, -0.2) is 4.90 Å². The van der Waals surface area contributed by atoms with Gasteiger partial charge in [0.25, 0.3) is 0 Å². The molecule has 0 radical (unpaired) electrons. The summed E-state index contributed by atoms with van der Waals surface area (Å²) in [7, 11) is 0. The zero-order valence-electron chi connectivity index (χ0n) is 11.2. The second-order valence-corrected chi connectivity index (χ2v) is 6.05. The molecule has 5 rings (SSSR count). The monoisotopic (exact) mass is 283 g/mol. The van der Waals surface area contributed by atoms with E-state index in [2.05, 4.69) is 12.2 Å². The van der Waals surface area contributed by atoms with Crippen molar-refractivity contribution in [2.45, 2.75) is 6.42 Å². The molecule has 106 valence electrons. The Morgan fingerprint density at radius 2 is 1.62 bits per heavy atom. The van der Waals surface area contributed by atoms with Crippen LogP contribution in [-0.4, -0.2) is 18.6 Å². The van der Waals surface area contributed by atoms with Gasteiger partial charge in [0, 0.05) is 6.07 Å². The summed E-state index contributed by atoms with van der Waals surface area (Å²) in [6.45, 7) is 0.181. The van der Waals surface area contributed by atoms with Gasteiger partial charge in [0.15, 0.2) is 11.5 Å². The van der Waals surface area contributed by atoms with Crippen LogP contribution >= 0.6 is 0 Å².